The van der Waals surface area contributed by atoms with Gasteiger partial charge in [0.05, 0.1) is 17.2 Å². The van der Waals surface area contributed by atoms with Crippen molar-refractivity contribution in [2.24, 2.45) is 0 Å². The molecule has 4 N–H and O–H groups in total. The molecule has 7 nitrogen and oxygen atoms in total. The number of aliphatic hydroxyl groups is 1. The van der Waals surface area contributed by atoms with Gasteiger partial charge in [0.15, 0.2) is 11.0 Å². The van der Waals surface area contributed by atoms with Crippen LogP contribution in [0.2, 0.25) is 0 Å². The van der Waals surface area contributed by atoms with Gasteiger partial charge in [-0.25, -0.2) is 0 Å². The lowest BCUT2D eigenvalue weighted by molar-refractivity contribution is 0.158. The molecular weight excluding hydrogens is 412 g/mol. The van der Waals surface area contributed by atoms with Crippen LogP contribution in [0.3, 0.4) is 0 Å². The number of phenols is 3. The minimum Gasteiger partial charge on any atom is -0.508 e. The van der Waals surface area contributed by atoms with E-state index in [0.29, 0.717) is 16.9 Å². The fourth-order valence-electron chi connectivity index (χ4n) is 3.71. The Balaban J connectivity index is 2.09. The maximum atomic E-state index is 13.5. The zero-order valence-electron chi connectivity index (χ0n) is 18.0. The van der Waals surface area contributed by atoms with E-state index in [4.69, 9.17) is 9.15 Å². The first-order valence-electron chi connectivity index (χ1n) is 10.1. The van der Waals surface area contributed by atoms with Crippen LogP contribution >= 0.6 is 0 Å². The van der Waals surface area contributed by atoms with E-state index in [1.807, 2.05) is 19.9 Å². The summed E-state index contributed by atoms with van der Waals surface area (Å²) in [6.45, 7) is 9.06. The third-order valence-electron chi connectivity index (χ3n) is 5.46. The molecular formula is C25H24O7. The molecule has 0 spiro atoms. The second kappa shape index (κ2) is 7.46. The molecule has 0 bridgehead atoms. The molecule has 32 heavy (non-hydrogen) atoms. The molecule has 1 unspecified atom stereocenters. The number of hydrogen-bond acceptors (Lipinski definition) is 7. The third-order valence-corrected chi connectivity index (χ3v) is 5.46. The highest BCUT2D eigenvalue weighted by Crippen LogP contribution is 2.43. The maximum Gasteiger partial charge on any atom is 0.200 e. The molecule has 0 saturated heterocycles. The average Bonchev–Trinajstić information content (AvgIpc) is 2.68. The van der Waals surface area contributed by atoms with Crippen molar-refractivity contribution < 1.29 is 29.6 Å². The van der Waals surface area contributed by atoms with Crippen LogP contribution in [-0.2, 0) is 6.42 Å². The van der Waals surface area contributed by atoms with Gasteiger partial charge in [0.2, 0.25) is 0 Å². The first-order chi connectivity index (χ1) is 15.0. The Morgan fingerprint density at radius 1 is 1.16 bits per heavy atom. The molecule has 2 heterocycles. The number of ether oxygens (including phenoxy) is 1. The molecule has 2 aromatic carbocycles. The SMILES string of the molecule is C=C(C)C(O)Cc1c(-c2ccc(O)cc2O)oc2c3c(cc(O)c2c1=O)OC(C)(C)C=C3. The lowest BCUT2D eigenvalue weighted by Crippen LogP contribution is -2.27. The van der Waals surface area contributed by atoms with Crippen LogP contribution in [0.4, 0.5) is 0 Å². The molecule has 7 heteroatoms. The minimum atomic E-state index is -1.04. The average molecular weight is 436 g/mol. The number of aliphatic hydroxyl groups excluding tert-OH is 1. The molecule has 0 fully saturated rings. The van der Waals surface area contributed by atoms with Crippen LogP contribution in [0.5, 0.6) is 23.0 Å². The lowest BCUT2D eigenvalue weighted by Gasteiger charge is -2.28. The van der Waals surface area contributed by atoms with E-state index in [0.717, 1.165) is 6.07 Å². The largest absolute Gasteiger partial charge is 0.508 e. The topological polar surface area (TPSA) is 120 Å². The first kappa shape index (κ1) is 21.5. The van der Waals surface area contributed by atoms with Gasteiger partial charge in [-0.05, 0) is 45.1 Å². The Labute approximate surface area is 184 Å². The van der Waals surface area contributed by atoms with Crippen molar-refractivity contribution >= 4 is 17.0 Å². The number of hydrogen-bond donors (Lipinski definition) is 4. The standard InChI is InChI=1S/C25H24O7/c1-12(2)17(27)10-16-22(30)21-19(29)11-20-15(7-8-25(3,4)32-20)24(21)31-23(16)14-6-5-13(26)9-18(14)28/h5-9,11,17,26-29H,1,10H2,2-4H3. The zero-order valence-corrected chi connectivity index (χ0v) is 18.0. The molecule has 4 rings (SSSR count). The normalized spacial score (nSPS) is 15.2. The summed E-state index contributed by atoms with van der Waals surface area (Å²) < 4.78 is 12.1. The van der Waals surface area contributed by atoms with Crippen LogP contribution in [0, 0.1) is 0 Å². The number of aromatic hydroxyl groups is 3. The van der Waals surface area contributed by atoms with Crippen LogP contribution < -0.4 is 10.2 Å². The molecule has 166 valence electrons. The van der Waals surface area contributed by atoms with Crippen molar-refractivity contribution in [3.05, 3.63) is 63.8 Å². The molecule has 0 saturated carbocycles. The number of rotatable bonds is 4. The molecule has 1 aliphatic heterocycles. The number of phenolic OH excluding ortho intramolecular Hbond substituents is 3. The first-order valence-corrected chi connectivity index (χ1v) is 10.1. The van der Waals surface area contributed by atoms with Gasteiger partial charge >= 0.3 is 0 Å². The zero-order chi connectivity index (χ0) is 23.4. The van der Waals surface area contributed by atoms with Crippen molar-refractivity contribution in [3.63, 3.8) is 0 Å². The van der Waals surface area contributed by atoms with Gasteiger partial charge in [0, 0.05) is 24.1 Å². The van der Waals surface area contributed by atoms with Gasteiger partial charge in [0.25, 0.3) is 0 Å². The predicted octanol–water partition coefficient (Wildman–Crippen LogP) is 4.24. The summed E-state index contributed by atoms with van der Waals surface area (Å²) in [7, 11) is 0. The highest BCUT2D eigenvalue weighted by molar-refractivity contribution is 5.95. The van der Waals surface area contributed by atoms with Crippen molar-refractivity contribution in [2.45, 2.75) is 38.9 Å². The fourth-order valence-corrected chi connectivity index (χ4v) is 3.71. The summed E-state index contributed by atoms with van der Waals surface area (Å²) in [5, 5.41) is 41.1. The van der Waals surface area contributed by atoms with Crippen LogP contribution in [-0.4, -0.2) is 32.1 Å². The van der Waals surface area contributed by atoms with Crippen molar-refractivity contribution in [3.8, 4) is 34.3 Å². The summed E-state index contributed by atoms with van der Waals surface area (Å²) in [6, 6.07) is 5.26. The molecule has 0 aliphatic carbocycles. The van der Waals surface area contributed by atoms with Crippen molar-refractivity contribution in [1.82, 2.24) is 0 Å². The second-order valence-electron chi connectivity index (χ2n) is 8.56. The Bertz CT molecular complexity index is 1340. The summed E-state index contributed by atoms with van der Waals surface area (Å²) in [6.07, 6.45) is 2.38. The third kappa shape index (κ3) is 3.61. The van der Waals surface area contributed by atoms with Crippen molar-refractivity contribution in [1.29, 1.82) is 0 Å². The molecule has 0 amide bonds. The van der Waals surface area contributed by atoms with E-state index >= 15 is 0 Å². The summed E-state index contributed by atoms with van der Waals surface area (Å²) in [4.78, 5) is 13.5. The molecule has 3 aromatic rings. The van der Waals surface area contributed by atoms with Crippen LogP contribution in [0.15, 0.2) is 51.7 Å². The molecule has 1 aliphatic rings. The van der Waals surface area contributed by atoms with E-state index in [-0.39, 0.29) is 51.5 Å². The molecule has 0 radical (unpaired) electrons. The smallest absolute Gasteiger partial charge is 0.200 e. The van der Waals surface area contributed by atoms with E-state index in [2.05, 4.69) is 6.58 Å². The Hall–Kier alpha value is -3.71. The highest BCUT2D eigenvalue weighted by atomic mass is 16.5. The van der Waals surface area contributed by atoms with E-state index in [1.54, 1.807) is 13.0 Å². The van der Waals surface area contributed by atoms with E-state index in [1.165, 1.54) is 18.2 Å². The van der Waals surface area contributed by atoms with Gasteiger partial charge in [0.1, 0.15) is 39.7 Å². The quantitative estimate of drug-likeness (QED) is 0.452. The fraction of sp³-hybridized carbons (Fsp3) is 0.240. The van der Waals surface area contributed by atoms with Gasteiger partial charge in [-0.15, -0.1) is 0 Å². The van der Waals surface area contributed by atoms with Gasteiger partial charge < -0.3 is 29.6 Å². The Kier molecular flexibility index (Phi) is 5.02. The Morgan fingerprint density at radius 3 is 2.53 bits per heavy atom. The van der Waals surface area contributed by atoms with Gasteiger partial charge in [-0.2, -0.15) is 0 Å². The maximum absolute atomic E-state index is 13.5. The van der Waals surface area contributed by atoms with Gasteiger partial charge in [-0.1, -0.05) is 12.2 Å². The number of benzene rings is 2. The monoisotopic (exact) mass is 436 g/mol. The summed E-state index contributed by atoms with van der Waals surface area (Å²) in [5.41, 5.74) is 0.0607. The van der Waals surface area contributed by atoms with E-state index in [9.17, 15) is 25.2 Å². The Morgan fingerprint density at radius 2 is 1.88 bits per heavy atom. The molecule has 1 aromatic heterocycles. The van der Waals surface area contributed by atoms with Gasteiger partial charge in [-0.3, -0.25) is 4.79 Å². The minimum absolute atomic E-state index is 0.0198. The van der Waals surface area contributed by atoms with Crippen LogP contribution in [0.25, 0.3) is 28.4 Å². The predicted molar refractivity (Wildman–Crippen MR) is 121 cm³/mol. The summed E-state index contributed by atoms with van der Waals surface area (Å²) in [5.74, 6) is -0.411. The highest BCUT2D eigenvalue weighted by Gasteiger charge is 2.29. The van der Waals surface area contributed by atoms with E-state index < -0.39 is 17.1 Å². The van der Waals surface area contributed by atoms with Crippen LogP contribution in [0.1, 0.15) is 31.9 Å². The number of fused-ring (bicyclic) bond motifs is 3. The summed E-state index contributed by atoms with van der Waals surface area (Å²) >= 11 is 0. The lowest BCUT2D eigenvalue weighted by atomic mass is 9.95. The second-order valence-corrected chi connectivity index (χ2v) is 8.56. The van der Waals surface area contributed by atoms with Crippen molar-refractivity contribution in [2.75, 3.05) is 0 Å². The molecule has 1 atom stereocenters.